The summed E-state index contributed by atoms with van der Waals surface area (Å²) in [6, 6.07) is 11.0. The van der Waals surface area contributed by atoms with Gasteiger partial charge in [0.25, 0.3) is 12.0 Å². The summed E-state index contributed by atoms with van der Waals surface area (Å²) in [5, 5.41) is 14.4. The average Bonchev–Trinajstić information content (AvgIpc) is 3.19. The van der Waals surface area contributed by atoms with Crippen molar-refractivity contribution in [2.24, 2.45) is 0 Å². The molecule has 1 aliphatic rings. The van der Waals surface area contributed by atoms with E-state index in [0.29, 0.717) is 10.8 Å². The largest absolute Gasteiger partial charge is 0.462 e. The molecule has 0 saturated carbocycles. The molecule has 3 aromatic rings. The van der Waals surface area contributed by atoms with Gasteiger partial charge in [0.05, 0.1) is 12.7 Å². The highest BCUT2D eigenvalue weighted by atomic mass is 35.5. The predicted molar refractivity (Wildman–Crippen MR) is 155 cm³/mol. The van der Waals surface area contributed by atoms with Gasteiger partial charge in [-0.15, -0.1) is 0 Å². The van der Waals surface area contributed by atoms with E-state index in [-0.39, 0.29) is 5.75 Å². The maximum atomic E-state index is 15.3. The lowest BCUT2D eigenvalue weighted by Crippen LogP contribution is -2.52. The lowest BCUT2D eigenvalue weighted by atomic mass is 9.97. The Morgan fingerprint density at radius 3 is 2.56 bits per heavy atom. The van der Waals surface area contributed by atoms with E-state index in [2.05, 4.69) is 5.09 Å². The zero-order chi connectivity index (χ0) is 31.7. The fraction of sp³-hybridized carbons (Fsp3) is 0.423. The fourth-order valence-electron chi connectivity index (χ4n) is 4.27. The first kappa shape index (κ1) is 33.1. The third-order valence-electron chi connectivity index (χ3n) is 6.45. The first-order chi connectivity index (χ1) is 20.2. The van der Waals surface area contributed by atoms with Gasteiger partial charge in [-0.2, -0.15) is 0 Å². The van der Waals surface area contributed by atoms with E-state index >= 15 is 4.39 Å². The second-order valence-corrected chi connectivity index (χ2v) is 13.5. The van der Waals surface area contributed by atoms with E-state index in [1.807, 2.05) is 12.1 Å². The van der Waals surface area contributed by atoms with Crippen LogP contribution in [0.5, 0.6) is 5.75 Å². The van der Waals surface area contributed by atoms with E-state index in [1.54, 1.807) is 49.2 Å². The van der Waals surface area contributed by atoms with Crippen molar-refractivity contribution in [2.75, 3.05) is 6.61 Å². The van der Waals surface area contributed by atoms with Gasteiger partial charge in [-0.05, 0) is 55.5 Å². The molecule has 2 heterocycles. The van der Waals surface area contributed by atoms with Crippen molar-refractivity contribution in [3.05, 3.63) is 74.5 Å². The Hall–Kier alpha value is -2.78. The van der Waals surface area contributed by atoms with Gasteiger partial charge in [0.1, 0.15) is 22.9 Å². The van der Waals surface area contributed by atoms with Gasteiger partial charge in [-0.1, -0.05) is 41.9 Å². The number of alkyl halides is 3. The fourth-order valence-corrected chi connectivity index (χ4v) is 6.84. The second-order valence-electron chi connectivity index (χ2n) is 10.0. The molecule has 0 bridgehead atoms. The highest BCUT2D eigenvalue weighted by Gasteiger charge is 2.62. The molecule has 1 unspecified atom stereocenters. The number of halogens is 4. The van der Waals surface area contributed by atoms with Gasteiger partial charge in [-0.3, -0.25) is 19.1 Å². The summed E-state index contributed by atoms with van der Waals surface area (Å²) in [4.78, 5) is 38.3. The third-order valence-corrected chi connectivity index (χ3v) is 9.20. The van der Waals surface area contributed by atoms with Crippen molar-refractivity contribution in [3.63, 3.8) is 0 Å². The number of hydrogen-bond acceptors (Lipinski definition) is 9. The Labute approximate surface area is 253 Å². The molecule has 0 spiro atoms. The van der Waals surface area contributed by atoms with Crippen molar-refractivity contribution in [1.29, 1.82) is 0 Å². The molecule has 1 aromatic heterocycles. The molecule has 1 saturated heterocycles. The molecular formula is C26H28ClF3N3O8PS. The Bertz CT molecular complexity index is 1660. The van der Waals surface area contributed by atoms with E-state index in [0.717, 1.165) is 10.8 Å². The molecule has 1 fully saturated rings. The lowest BCUT2D eigenvalue weighted by Gasteiger charge is -2.34. The number of aromatic nitrogens is 2. The minimum atomic E-state index is -3.97. The van der Waals surface area contributed by atoms with Crippen molar-refractivity contribution in [2.45, 2.75) is 63.4 Å². The summed E-state index contributed by atoms with van der Waals surface area (Å²) >= 11 is 11.3. The minimum Gasteiger partial charge on any atom is -0.462 e. The first-order valence-electron chi connectivity index (χ1n) is 12.9. The molecule has 2 aromatic carbocycles. The maximum absolute atomic E-state index is 15.3. The molecule has 0 radical (unpaired) electrons. The van der Waals surface area contributed by atoms with Crippen LogP contribution in [0.25, 0.3) is 10.8 Å². The zero-order valence-electron chi connectivity index (χ0n) is 22.9. The number of carbonyl (C=O) groups excluding carboxylic acids is 1. The molecule has 11 nitrogen and oxygen atoms in total. The molecule has 3 N–H and O–H groups in total. The van der Waals surface area contributed by atoms with Crippen LogP contribution in [0.15, 0.2) is 58.3 Å². The summed E-state index contributed by atoms with van der Waals surface area (Å²) in [5.41, 5.74) is -5.28. The van der Waals surface area contributed by atoms with Gasteiger partial charge >= 0.3 is 18.3 Å². The Kier molecular flexibility index (Phi) is 10.1. The first-order valence-corrected chi connectivity index (χ1v) is 15.9. The van der Waals surface area contributed by atoms with Crippen LogP contribution in [0.2, 0.25) is 5.02 Å². The Morgan fingerprint density at radius 2 is 1.91 bits per heavy atom. The third kappa shape index (κ3) is 7.14. The van der Waals surface area contributed by atoms with Crippen LogP contribution < -0.4 is 20.9 Å². The van der Waals surface area contributed by atoms with Crippen LogP contribution in [0, 0.1) is 0 Å². The number of H-pyrrole nitrogens is 1. The number of aliphatic hydroxyl groups excluding tert-OH is 1. The number of rotatable bonds is 11. The topological polar surface area (TPSA) is 141 Å². The van der Waals surface area contributed by atoms with Crippen LogP contribution in [-0.2, 0) is 30.6 Å². The summed E-state index contributed by atoms with van der Waals surface area (Å²) in [5.74, 6) is -0.581. The molecule has 17 heteroatoms. The van der Waals surface area contributed by atoms with Crippen LogP contribution >= 0.6 is 18.2 Å². The van der Waals surface area contributed by atoms with Crippen molar-refractivity contribution in [1.82, 2.24) is 14.6 Å². The number of nitrogens with one attached hydrogen (secondary N) is 2. The number of aliphatic hydroxyl groups is 1. The maximum Gasteiger partial charge on any atom is 0.330 e. The van der Waals surface area contributed by atoms with Crippen LogP contribution in [-0.4, -0.2) is 63.7 Å². The average molecular weight is 666 g/mol. The standard InChI is InChI=1S/C26H28ClF3N3O8PS/c1-13(2)39-23(36)14(3)32-42(43,41-17-9-8-15-6-4-5-7-16(15)10-17)38-12-26(24(29)30)20(34)19(28)22(40-26)33-11-18(27)21(35)31-25(33)37/h4-11,13-14,19-20,22,24,34H,12H2,1-3H3,(H,32,43)(H,31,35,37)/t14-,19-,20-,22+,26+,42?/m0/s1. The van der Waals surface area contributed by atoms with Crippen LogP contribution in [0.1, 0.15) is 27.0 Å². The van der Waals surface area contributed by atoms with E-state index in [9.17, 15) is 28.3 Å². The van der Waals surface area contributed by atoms with Crippen molar-refractivity contribution >= 4 is 46.8 Å². The number of esters is 1. The van der Waals surface area contributed by atoms with E-state index < -0.39 is 78.2 Å². The summed E-state index contributed by atoms with van der Waals surface area (Å²) in [7, 11) is 0. The van der Waals surface area contributed by atoms with Gasteiger partial charge in [0, 0.05) is 6.20 Å². The number of ether oxygens (including phenoxy) is 2. The highest BCUT2D eigenvalue weighted by Crippen LogP contribution is 2.50. The number of aromatic amines is 1. The van der Waals surface area contributed by atoms with Crippen molar-refractivity contribution in [3.8, 4) is 5.75 Å². The Balaban J connectivity index is 1.66. The van der Waals surface area contributed by atoms with E-state index in [4.69, 9.17) is 41.9 Å². The Morgan fingerprint density at radius 1 is 1.23 bits per heavy atom. The van der Waals surface area contributed by atoms with Gasteiger partial charge in [0.15, 0.2) is 18.0 Å². The zero-order valence-corrected chi connectivity index (χ0v) is 25.4. The number of hydrogen-bond donors (Lipinski definition) is 3. The normalized spacial score (nSPS) is 24.3. The molecule has 234 valence electrons. The molecule has 0 aliphatic carbocycles. The van der Waals surface area contributed by atoms with E-state index in [1.165, 1.54) is 6.92 Å². The molecule has 0 amide bonds. The van der Waals surface area contributed by atoms with Crippen LogP contribution in [0.4, 0.5) is 13.2 Å². The van der Waals surface area contributed by atoms with Gasteiger partial charge in [0.2, 0.25) is 0 Å². The highest BCUT2D eigenvalue weighted by molar-refractivity contribution is 8.09. The second kappa shape index (κ2) is 13.1. The summed E-state index contributed by atoms with van der Waals surface area (Å²) < 4.78 is 67.0. The van der Waals surface area contributed by atoms with Crippen molar-refractivity contribution < 1.29 is 41.6 Å². The quantitative estimate of drug-likeness (QED) is 0.205. The molecule has 6 atom stereocenters. The number of benzene rings is 2. The number of carbonyl (C=O) groups is 1. The summed E-state index contributed by atoms with van der Waals surface area (Å²) in [6.45, 7) is -0.570. The molecule has 43 heavy (non-hydrogen) atoms. The minimum absolute atomic E-state index is 0.161. The lowest BCUT2D eigenvalue weighted by molar-refractivity contribution is -0.192. The number of fused-ring (bicyclic) bond motifs is 1. The SMILES string of the molecule is CC(C)OC(=O)[C@H](C)NP(=S)(OC[C@@]1(C(F)F)O[C@@H](n2cc(Cl)c(=O)[nH]c2=O)[C@@H](F)[C@@H]1O)Oc1ccc2ccccc2c1. The smallest absolute Gasteiger partial charge is 0.330 e. The monoisotopic (exact) mass is 665 g/mol. The number of nitrogens with zero attached hydrogens (tertiary/aromatic N) is 1. The molecule has 1 aliphatic heterocycles. The van der Waals surface area contributed by atoms with Gasteiger partial charge in [-0.25, -0.2) is 23.1 Å². The van der Waals surface area contributed by atoms with Crippen LogP contribution in [0.3, 0.4) is 0 Å². The molecular weight excluding hydrogens is 638 g/mol. The molecule has 4 rings (SSSR count). The predicted octanol–water partition coefficient (Wildman–Crippen LogP) is 3.82. The summed E-state index contributed by atoms with van der Waals surface area (Å²) in [6.07, 6.45) is -10.6. The van der Waals surface area contributed by atoms with Gasteiger partial charge < -0.3 is 23.6 Å².